The van der Waals surface area contributed by atoms with Crippen molar-refractivity contribution in [2.45, 2.75) is 0 Å². The van der Waals surface area contributed by atoms with E-state index in [-0.39, 0.29) is 0 Å². The van der Waals surface area contributed by atoms with E-state index in [0.29, 0.717) is 5.82 Å². The van der Waals surface area contributed by atoms with Gasteiger partial charge in [-0.3, -0.25) is 9.67 Å². The van der Waals surface area contributed by atoms with Crippen molar-refractivity contribution in [3.8, 4) is 22.0 Å². The highest BCUT2D eigenvalue weighted by molar-refractivity contribution is 7.13. The van der Waals surface area contributed by atoms with E-state index < -0.39 is 0 Å². The van der Waals surface area contributed by atoms with Crippen LogP contribution >= 0.6 is 11.3 Å². The molecule has 0 saturated heterocycles. The van der Waals surface area contributed by atoms with Gasteiger partial charge in [-0.25, -0.2) is 9.97 Å². The molecule has 1 N–H and O–H groups in total. The van der Waals surface area contributed by atoms with Gasteiger partial charge in [0.05, 0.1) is 22.3 Å². The van der Waals surface area contributed by atoms with Crippen LogP contribution in [0.1, 0.15) is 0 Å². The van der Waals surface area contributed by atoms with Crippen LogP contribution in [-0.4, -0.2) is 31.8 Å². The summed E-state index contributed by atoms with van der Waals surface area (Å²) >= 11 is 1.52. The molecule has 0 fully saturated rings. The molecule has 0 spiro atoms. The maximum absolute atomic E-state index is 4.57. The zero-order chi connectivity index (χ0) is 13.2. The lowest BCUT2D eigenvalue weighted by atomic mass is 10.2. The Morgan fingerprint density at radius 1 is 1.26 bits per heavy atom. The first-order chi connectivity index (χ1) is 9.26. The molecule has 0 aliphatic rings. The van der Waals surface area contributed by atoms with Crippen LogP contribution in [0.25, 0.3) is 22.0 Å². The molecule has 3 aromatic rings. The number of aromatic nitrogens is 5. The average molecular weight is 272 g/mol. The molecule has 19 heavy (non-hydrogen) atoms. The lowest BCUT2D eigenvalue weighted by molar-refractivity contribution is 0.768. The molecule has 6 nitrogen and oxygen atoms in total. The van der Waals surface area contributed by atoms with Crippen LogP contribution in [0.4, 0.5) is 5.82 Å². The van der Waals surface area contributed by atoms with Gasteiger partial charge < -0.3 is 5.32 Å². The molecule has 3 aromatic heterocycles. The van der Waals surface area contributed by atoms with E-state index in [1.807, 2.05) is 26.4 Å². The molecule has 0 bridgehead atoms. The zero-order valence-electron chi connectivity index (χ0n) is 10.5. The van der Waals surface area contributed by atoms with Gasteiger partial charge in [0.2, 0.25) is 0 Å². The van der Waals surface area contributed by atoms with Gasteiger partial charge in [0.25, 0.3) is 0 Å². The maximum atomic E-state index is 4.57. The van der Waals surface area contributed by atoms with Gasteiger partial charge in [0.15, 0.2) is 5.82 Å². The Bertz CT molecular complexity index is 688. The molecule has 3 rings (SSSR count). The fourth-order valence-corrected chi connectivity index (χ4v) is 2.27. The van der Waals surface area contributed by atoms with Crippen molar-refractivity contribution in [2.75, 3.05) is 12.4 Å². The second kappa shape index (κ2) is 4.77. The second-order valence-electron chi connectivity index (χ2n) is 3.98. The number of aryl methyl sites for hydroxylation is 1. The summed E-state index contributed by atoms with van der Waals surface area (Å²) in [6.07, 6.45) is 5.49. The van der Waals surface area contributed by atoms with E-state index in [1.165, 1.54) is 11.3 Å². The molecular weight excluding hydrogens is 260 g/mol. The third kappa shape index (κ3) is 2.32. The normalized spacial score (nSPS) is 10.6. The van der Waals surface area contributed by atoms with Crippen LogP contribution in [0, 0.1) is 0 Å². The minimum Gasteiger partial charge on any atom is -0.373 e. The molecular formula is C12H12N6S. The van der Waals surface area contributed by atoms with E-state index in [2.05, 4.69) is 25.4 Å². The van der Waals surface area contributed by atoms with Crippen molar-refractivity contribution in [2.24, 2.45) is 7.05 Å². The van der Waals surface area contributed by atoms with Crippen LogP contribution in [-0.2, 0) is 7.05 Å². The van der Waals surface area contributed by atoms with Gasteiger partial charge in [-0.1, -0.05) is 0 Å². The summed E-state index contributed by atoms with van der Waals surface area (Å²) in [5, 5.41) is 7.22. The van der Waals surface area contributed by atoms with Crippen molar-refractivity contribution in [1.82, 2.24) is 24.7 Å². The Morgan fingerprint density at radius 3 is 2.79 bits per heavy atom. The van der Waals surface area contributed by atoms with Crippen LogP contribution < -0.4 is 5.32 Å². The van der Waals surface area contributed by atoms with Crippen LogP contribution in [0.5, 0.6) is 0 Å². The lowest BCUT2D eigenvalue weighted by Crippen LogP contribution is -1.97. The third-order valence-corrected chi connectivity index (χ3v) is 3.40. The summed E-state index contributed by atoms with van der Waals surface area (Å²) in [6, 6.07) is 1.90. The van der Waals surface area contributed by atoms with Gasteiger partial charge in [0.1, 0.15) is 5.82 Å². The van der Waals surface area contributed by atoms with E-state index in [1.54, 1.807) is 22.6 Å². The smallest absolute Gasteiger partial charge is 0.173 e. The second-order valence-corrected chi connectivity index (χ2v) is 4.87. The minimum atomic E-state index is 0.674. The lowest BCUT2D eigenvalue weighted by Gasteiger charge is -2.05. The summed E-state index contributed by atoms with van der Waals surface area (Å²) in [5.41, 5.74) is 3.58. The molecule has 3 heterocycles. The molecule has 0 aliphatic carbocycles. The highest BCUT2D eigenvalue weighted by Crippen LogP contribution is 2.25. The van der Waals surface area contributed by atoms with Crippen LogP contribution in [0.15, 0.2) is 30.2 Å². The van der Waals surface area contributed by atoms with Crippen molar-refractivity contribution in [3.63, 3.8) is 0 Å². The Hall–Kier alpha value is -2.28. The number of thiazole rings is 1. The summed E-state index contributed by atoms with van der Waals surface area (Å²) in [7, 11) is 3.72. The van der Waals surface area contributed by atoms with Crippen molar-refractivity contribution in [3.05, 3.63) is 30.2 Å². The fraction of sp³-hybridized carbons (Fsp3) is 0.167. The van der Waals surface area contributed by atoms with E-state index >= 15 is 0 Å². The van der Waals surface area contributed by atoms with E-state index in [0.717, 1.165) is 22.0 Å². The average Bonchev–Trinajstić information content (AvgIpc) is 3.09. The Labute approximate surface area is 114 Å². The first kappa shape index (κ1) is 11.8. The molecule has 0 saturated carbocycles. The monoisotopic (exact) mass is 272 g/mol. The summed E-state index contributed by atoms with van der Waals surface area (Å²) in [6.45, 7) is 0. The third-order valence-electron chi connectivity index (χ3n) is 2.64. The maximum Gasteiger partial charge on any atom is 0.173 e. The highest BCUT2D eigenvalue weighted by Gasteiger charge is 2.10. The van der Waals surface area contributed by atoms with Crippen LogP contribution in [0.3, 0.4) is 0 Å². The fourth-order valence-electron chi connectivity index (χ4n) is 1.71. The van der Waals surface area contributed by atoms with Gasteiger partial charge in [0, 0.05) is 38.1 Å². The van der Waals surface area contributed by atoms with Crippen molar-refractivity contribution < 1.29 is 0 Å². The Morgan fingerprint density at radius 2 is 2.16 bits per heavy atom. The molecule has 0 unspecified atom stereocenters. The molecule has 7 heteroatoms. The first-order valence-electron chi connectivity index (χ1n) is 5.71. The molecule has 0 aromatic carbocycles. The zero-order valence-corrected chi connectivity index (χ0v) is 11.3. The van der Waals surface area contributed by atoms with Gasteiger partial charge in [-0.05, 0) is 0 Å². The number of hydrogen-bond acceptors (Lipinski definition) is 6. The molecule has 96 valence electrons. The van der Waals surface area contributed by atoms with Crippen LogP contribution in [0.2, 0.25) is 0 Å². The molecule has 0 amide bonds. The van der Waals surface area contributed by atoms with Gasteiger partial charge in [-0.15, -0.1) is 11.3 Å². The van der Waals surface area contributed by atoms with Crippen molar-refractivity contribution >= 4 is 17.2 Å². The summed E-state index contributed by atoms with van der Waals surface area (Å²) < 4.78 is 1.75. The number of rotatable bonds is 3. The summed E-state index contributed by atoms with van der Waals surface area (Å²) in [4.78, 5) is 14.0. The predicted octanol–water partition coefficient (Wildman–Crippen LogP) is 2.04. The standard InChI is InChI=1S/C12H12N6S/c1-13-11-3-9(8-4-15-18(2)6-8)16-12(17-11)10-5-14-7-19-10/h3-7H,1-2H3,(H,13,16,17). The quantitative estimate of drug-likeness (QED) is 0.790. The number of hydrogen-bond donors (Lipinski definition) is 1. The van der Waals surface area contributed by atoms with E-state index in [4.69, 9.17) is 0 Å². The Kier molecular flexibility index (Phi) is 2.96. The predicted molar refractivity (Wildman–Crippen MR) is 74.9 cm³/mol. The SMILES string of the molecule is CNc1cc(-c2cnn(C)c2)nc(-c2cncs2)n1. The highest BCUT2D eigenvalue weighted by atomic mass is 32.1. The summed E-state index contributed by atoms with van der Waals surface area (Å²) in [5.74, 6) is 1.45. The molecule has 0 radical (unpaired) electrons. The largest absolute Gasteiger partial charge is 0.373 e. The Balaban J connectivity index is 2.12. The molecule has 0 aliphatic heterocycles. The number of anilines is 1. The number of nitrogens with zero attached hydrogens (tertiary/aromatic N) is 5. The van der Waals surface area contributed by atoms with Gasteiger partial charge >= 0.3 is 0 Å². The van der Waals surface area contributed by atoms with E-state index in [9.17, 15) is 0 Å². The minimum absolute atomic E-state index is 0.674. The van der Waals surface area contributed by atoms with Crippen molar-refractivity contribution in [1.29, 1.82) is 0 Å². The number of nitrogens with one attached hydrogen (secondary N) is 1. The topological polar surface area (TPSA) is 68.5 Å². The first-order valence-corrected chi connectivity index (χ1v) is 6.59. The van der Waals surface area contributed by atoms with Gasteiger partial charge in [-0.2, -0.15) is 5.10 Å². The molecule has 0 atom stereocenters.